The average Bonchev–Trinajstić information content (AvgIpc) is 2.83. The first kappa shape index (κ1) is 12.7. The average molecular weight is 235 g/mol. The minimum absolute atomic E-state index is 0.424. The van der Waals surface area contributed by atoms with Crippen LogP contribution in [0.3, 0.4) is 0 Å². The number of rotatable bonds is 5. The minimum atomic E-state index is 0.424. The van der Waals surface area contributed by atoms with Crippen molar-refractivity contribution in [2.75, 3.05) is 6.54 Å². The zero-order valence-electron chi connectivity index (χ0n) is 11.1. The van der Waals surface area contributed by atoms with Crippen LogP contribution in [0.2, 0.25) is 0 Å². The van der Waals surface area contributed by atoms with Crippen LogP contribution in [-0.4, -0.2) is 6.54 Å². The first-order valence-electron chi connectivity index (χ1n) is 7.08. The van der Waals surface area contributed by atoms with Gasteiger partial charge in [0.05, 0.1) is 12.3 Å². The third-order valence-electron chi connectivity index (χ3n) is 3.91. The highest BCUT2D eigenvalue weighted by Crippen LogP contribution is 2.37. The molecule has 2 heteroatoms. The summed E-state index contributed by atoms with van der Waals surface area (Å²) in [6.07, 6.45) is 8.42. The van der Waals surface area contributed by atoms with Crippen LogP contribution in [0.25, 0.3) is 0 Å². The van der Waals surface area contributed by atoms with Crippen LogP contribution < -0.4 is 5.32 Å². The van der Waals surface area contributed by atoms with Crippen molar-refractivity contribution in [2.45, 2.75) is 52.0 Å². The van der Waals surface area contributed by atoms with Gasteiger partial charge in [-0.05, 0) is 49.8 Å². The Balaban J connectivity index is 2.03. The van der Waals surface area contributed by atoms with Crippen molar-refractivity contribution in [1.29, 1.82) is 0 Å². The van der Waals surface area contributed by atoms with Crippen molar-refractivity contribution >= 4 is 0 Å². The van der Waals surface area contributed by atoms with Crippen LogP contribution in [0, 0.1) is 11.8 Å². The van der Waals surface area contributed by atoms with Gasteiger partial charge in [-0.15, -0.1) is 0 Å². The Hall–Kier alpha value is -0.760. The van der Waals surface area contributed by atoms with Crippen molar-refractivity contribution in [3.05, 3.63) is 24.2 Å². The van der Waals surface area contributed by atoms with Crippen LogP contribution in [-0.2, 0) is 0 Å². The molecule has 96 valence electrons. The maximum atomic E-state index is 5.62. The summed E-state index contributed by atoms with van der Waals surface area (Å²) in [5.41, 5.74) is 0. The predicted octanol–water partition coefficient (Wildman–Crippen LogP) is 4.15. The molecule has 0 aromatic carbocycles. The van der Waals surface area contributed by atoms with Gasteiger partial charge in [0, 0.05) is 0 Å². The highest BCUT2D eigenvalue weighted by atomic mass is 16.3. The fraction of sp³-hybridized carbons (Fsp3) is 0.733. The lowest BCUT2D eigenvalue weighted by molar-refractivity contribution is 0.205. The van der Waals surface area contributed by atoms with E-state index in [4.69, 9.17) is 4.42 Å². The quantitative estimate of drug-likeness (QED) is 0.829. The molecule has 0 bridgehead atoms. The summed E-state index contributed by atoms with van der Waals surface area (Å²) in [6.45, 7) is 5.68. The Bertz CT molecular complexity index is 307. The SMILES string of the molecule is CCCNC(c1ccco1)C1CCCC(C)C1. The summed E-state index contributed by atoms with van der Waals surface area (Å²) < 4.78 is 5.62. The maximum absolute atomic E-state index is 5.62. The van der Waals surface area contributed by atoms with Gasteiger partial charge in [-0.2, -0.15) is 0 Å². The van der Waals surface area contributed by atoms with Gasteiger partial charge in [0.15, 0.2) is 0 Å². The molecule has 0 radical (unpaired) electrons. The lowest BCUT2D eigenvalue weighted by Gasteiger charge is -2.32. The Kier molecular flexibility index (Phi) is 4.66. The van der Waals surface area contributed by atoms with E-state index in [1.54, 1.807) is 6.26 Å². The lowest BCUT2D eigenvalue weighted by atomic mass is 9.78. The Labute approximate surface area is 105 Å². The monoisotopic (exact) mass is 235 g/mol. The molecular weight excluding hydrogens is 210 g/mol. The standard InChI is InChI=1S/C15H25NO/c1-3-9-16-15(14-8-5-10-17-14)13-7-4-6-12(2)11-13/h5,8,10,12-13,15-16H,3-4,6-7,9,11H2,1-2H3. The van der Waals surface area contributed by atoms with E-state index in [2.05, 4.69) is 25.2 Å². The number of hydrogen-bond donors (Lipinski definition) is 1. The molecule has 1 fully saturated rings. The summed E-state index contributed by atoms with van der Waals surface area (Å²) in [5, 5.41) is 3.67. The van der Waals surface area contributed by atoms with Crippen LogP contribution >= 0.6 is 0 Å². The van der Waals surface area contributed by atoms with Crippen LogP contribution in [0.4, 0.5) is 0 Å². The largest absolute Gasteiger partial charge is 0.468 e. The van der Waals surface area contributed by atoms with E-state index in [0.29, 0.717) is 6.04 Å². The Morgan fingerprint density at radius 3 is 3.00 bits per heavy atom. The van der Waals surface area contributed by atoms with Gasteiger partial charge in [-0.3, -0.25) is 0 Å². The van der Waals surface area contributed by atoms with Gasteiger partial charge in [0.25, 0.3) is 0 Å². The van der Waals surface area contributed by atoms with E-state index in [9.17, 15) is 0 Å². The van der Waals surface area contributed by atoms with Gasteiger partial charge in [-0.1, -0.05) is 26.7 Å². The molecule has 0 aliphatic heterocycles. The van der Waals surface area contributed by atoms with Crippen molar-refractivity contribution in [3.8, 4) is 0 Å². The molecule has 3 atom stereocenters. The molecule has 1 heterocycles. The topological polar surface area (TPSA) is 25.2 Å². The summed E-state index contributed by atoms with van der Waals surface area (Å²) in [4.78, 5) is 0. The van der Waals surface area contributed by atoms with E-state index in [1.807, 2.05) is 6.07 Å². The van der Waals surface area contributed by atoms with E-state index < -0.39 is 0 Å². The van der Waals surface area contributed by atoms with Crippen molar-refractivity contribution in [2.24, 2.45) is 11.8 Å². The molecule has 0 amide bonds. The molecule has 2 rings (SSSR count). The van der Waals surface area contributed by atoms with Gasteiger partial charge >= 0.3 is 0 Å². The number of nitrogens with one attached hydrogen (secondary N) is 1. The molecule has 0 spiro atoms. The van der Waals surface area contributed by atoms with Crippen LogP contribution in [0.15, 0.2) is 22.8 Å². The summed E-state index contributed by atoms with van der Waals surface area (Å²) >= 11 is 0. The molecule has 1 aromatic rings. The van der Waals surface area contributed by atoms with Crippen molar-refractivity contribution in [3.63, 3.8) is 0 Å². The van der Waals surface area contributed by atoms with E-state index in [1.165, 1.54) is 32.1 Å². The van der Waals surface area contributed by atoms with E-state index >= 15 is 0 Å². The second-order valence-corrected chi connectivity index (χ2v) is 5.48. The van der Waals surface area contributed by atoms with Gasteiger partial charge in [-0.25, -0.2) is 0 Å². The molecule has 2 nitrogen and oxygen atoms in total. The molecule has 1 N–H and O–H groups in total. The second-order valence-electron chi connectivity index (χ2n) is 5.48. The molecule has 1 aliphatic rings. The maximum Gasteiger partial charge on any atom is 0.120 e. The number of hydrogen-bond acceptors (Lipinski definition) is 2. The molecule has 17 heavy (non-hydrogen) atoms. The Morgan fingerprint density at radius 1 is 1.47 bits per heavy atom. The molecular formula is C15H25NO. The number of furan rings is 1. The molecule has 1 saturated carbocycles. The third-order valence-corrected chi connectivity index (χ3v) is 3.91. The summed E-state index contributed by atoms with van der Waals surface area (Å²) in [7, 11) is 0. The second kappa shape index (κ2) is 6.25. The highest BCUT2D eigenvalue weighted by molar-refractivity contribution is 5.06. The van der Waals surface area contributed by atoms with E-state index in [-0.39, 0.29) is 0 Å². The highest BCUT2D eigenvalue weighted by Gasteiger charge is 2.28. The molecule has 1 aliphatic carbocycles. The molecule has 0 saturated heterocycles. The van der Waals surface area contributed by atoms with Crippen molar-refractivity contribution < 1.29 is 4.42 Å². The predicted molar refractivity (Wildman–Crippen MR) is 70.9 cm³/mol. The fourth-order valence-corrected chi connectivity index (χ4v) is 3.05. The molecule has 3 unspecified atom stereocenters. The smallest absolute Gasteiger partial charge is 0.120 e. The zero-order valence-corrected chi connectivity index (χ0v) is 11.1. The lowest BCUT2D eigenvalue weighted by Crippen LogP contribution is -2.31. The molecule has 1 aromatic heterocycles. The third kappa shape index (κ3) is 3.35. The van der Waals surface area contributed by atoms with Gasteiger partial charge in [0.2, 0.25) is 0 Å². The normalized spacial score (nSPS) is 26.9. The first-order chi connectivity index (χ1) is 8.31. The Morgan fingerprint density at radius 2 is 2.35 bits per heavy atom. The zero-order chi connectivity index (χ0) is 12.1. The summed E-state index contributed by atoms with van der Waals surface area (Å²) in [6, 6.07) is 4.54. The van der Waals surface area contributed by atoms with Gasteiger partial charge < -0.3 is 9.73 Å². The fourth-order valence-electron chi connectivity index (χ4n) is 3.05. The van der Waals surface area contributed by atoms with E-state index in [0.717, 1.165) is 24.1 Å². The minimum Gasteiger partial charge on any atom is -0.468 e. The first-order valence-corrected chi connectivity index (χ1v) is 7.08. The van der Waals surface area contributed by atoms with Crippen LogP contribution in [0.5, 0.6) is 0 Å². The van der Waals surface area contributed by atoms with Crippen LogP contribution in [0.1, 0.15) is 57.8 Å². The van der Waals surface area contributed by atoms with Gasteiger partial charge in [0.1, 0.15) is 5.76 Å². The summed E-state index contributed by atoms with van der Waals surface area (Å²) in [5.74, 6) is 2.74. The van der Waals surface area contributed by atoms with Crippen molar-refractivity contribution in [1.82, 2.24) is 5.32 Å².